The zero-order chi connectivity index (χ0) is 21.8. The normalized spacial score (nSPS) is 56.3. The van der Waals surface area contributed by atoms with Crippen LogP contribution >= 0.6 is 15.9 Å². The predicted molar refractivity (Wildman–Crippen MR) is 125 cm³/mol. The third-order valence-electron chi connectivity index (χ3n) is 11.3. The van der Waals surface area contributed by atoms with E-state index in [9.17, 15) is 4.79 Å². The Morgan fingerprint density at radius 1 is 1.00 bits per heavy atom. The second-order valence-electron chi connectivity index (χ2n) is 12.6. The summed E-state index contributed by atoms with van der Waals surface area (Å²) >= 11 is 3.70. The summed E-state index contributed by atoms with van der Waals surface area (Å²) in [6.45, 7) is 10.7. The molecule has 0 N–H and O–H groups in total. The molecule has 3 nitrogen and oxygen atoms in total. The molecule has 1 spiro atoms. The average Bonchev–Trinajstić information content (AvgIpc) is 3.18. The van der Waals surface area contributed by atoms with Crippen molar-refractivity contribution in [1.82, 2.24) is 0 Å². The van der Waals surface area contributed by atoms with Crippen molar-refractivity contribution in [3.05, 3.63) is 10.1 Å². The van der Waals surface area contributed by atoms with E-state index in [1.807, 2.05) is 0 Å². The van der Waals surface area contributed by atoms with Gasteiger partial charge in [0.25, 0.3) is 0 Å². The van der Waals surface area contributed by atoms with E-state index in [4.69, 9.17) is 9.47 Å². The molecule has 0 amide bonds. The van der Waals surface area contributed by atoms with Gasteiger partial charge in [-0.25, -0.2) is 0 Å². The molecule has 0 aromatic heterocycles. The quantitative estimate of drug-likeness (QED) is 0.381. The van der Waals surface area contributed by atoms with Crippen LogP contribution in [0.5, 0.6) is 0 Å². The van der Waals surface area contributed by atoms with Gasteiger partial charge >= 0.3 is 0 Å². The van der Waals surface area contributed by atoms with Crippen molar-refractivity contribution in [3.63, 3.8) is 0 Å². The number of ether oxygens (including phenoxy) is 2. The number of rotatable bonds is 0. The van der Waals surface area contributed by atoms with Crippen molar-refractivity contribution in [2.45, 2.75) is 97.4 Å². The first kappa shape index (κ1) is 21.4. The van der Waals surface area contributed by atoms with Crippen LogP contribution in [0.15, 0.2) is 10.1 Å². The lowest BCUT2D eigenvalue weighted by molar-refractivity contribution is -0.272. The van der Waals surface area contributed by atoms with Gasteiger partial charge in [0.2, 0.25) is 0 Å². The van der Waals surface area contributed by atoms with E-state index in [1.54, 1.807) is 0 Å². The Kier molecular flexibility index (Phi) is 4.76. The lowest BCUT2D eigenvalue weighted by Crippen LogP contribution is -2.52. The van der Waals surface area contributed by atoms with Gasteiger partial charge in [-0.3, -0.25) is 4.79 Å². The molecule has 2 saturated heterocycles. The molecule has 10 atom stereocenters. The fourth-order valence-corrected chi connectivity index (χ4v) is 10.5. The SMILES string of the molecule is CC1CC[C@@]2(OC1)O[C@H]1CC3C4CCC5=C(Br)C(=O)CC[C@]5(C)C4CC[C@]3(C)[C@H]1[C@@H]2C. The maximum Gasteiger partial charge on any atom is 0.171 e. The Labute approximate surface area is 196 Å². The van der Waals surface area contributed by atoms with Gasteiger partial charge in [0, 0.05) is 18.8 Å². The number of carbonyl (C=O) groups excluding carboxylic acids is 1. The van der Waals surface area contributed by atoms with E-state index >= 15 is 0 Å². The highest BCUT2D eigenvalue weighted by atomic mass is 79.9. The van der Waals surface area contributed by atoms with Gasteiger partial charge in [0.15, 0.2) is 11.6 Å². The molecular weight excluding hydrogens is 452 g/mol. The van der Waals surface area contributed by atoms with Gasteiger partial charge in [-0.2, -0.15) is 0 Å². The standard InChI is InChI=1S/C27H39BrO3/c1-15-7-12-27(30-14-15)16(2)23-22(31-27)13-20-17-5-6-19-24(28)21(29)9-11-25(19,3)18(17)8-10-26(20,23)4/h15-18,20,22-23H,5-14H2,1-4H3/t15?,16-,17?,18?,20?,22-,23-,25+,26-,27+/m0/s1. The summed E-state index contributed by atoms with van der Waals surface area (Å²) < 4.78 is 14.3. The zero-order valence-corrected chi connectivity index (χ0v) is 21.3. The lowest BCUT2D eigenvalue weighted by Gasteiger charge is -2.59. The van der Waals surface area contributed by atoms with Crippen LogP contribution in [0.4, 0.5) is 0 Å². The smallest absolute Gasteiger partial charge is 0.171 e. The van der Waals surface area contributed by atoms with Crippen LogP contribution in [0.2, 0.25) is 0 Å². The van der Waals surface area contributed by atoms with Crippen LogP contribution in [-0.4, -0.2) is 24.3 Å². The van der Waals surface area contributed by atoms with Gasteiger partial charge in [-0.1, -0.05) is 27.7 Å². The third kappa shape index (κ3) is 2.74. The summed E-state index contributed by atoms with van der Waals surface area (Å²) in [6, 6.07) is 0. The Bertz CT molecular complexity index is 826. The van der Waals surface area contributed by atoms with Crippen LogP contribution < -0.4 is 0 Å². The Morgan fingerprint density at radius 3 is 2.55 bits per heavy atom. The molecule has 0 bridgehead atoms. The number of carbonyl (C=O) groups is 1. The van der Waals surface area contributed by atoms with E-state index in [2.05, 4.69) is 43.6 Å². The summed E-state index contributed by atoms with van der Waals surface area (Å²) in [5.41, 5.74) is 2.03. The average molecular weight is 492 g/mol. The minimum Gasteiger partial charge on any atom is -0.349 e. The van der Waals surface area contributed by atoms with E-state index in [0.717, 1.165) is 54.5 Å². The van der Waals surface area contributed by atoms with E-state index in [0.29, 0.717) is 35.1 Å². The molecule has 4 unspecified atom stereocenters. The van der Waals surface area contributed by atoms with Crippen molar-refractivity contribution >= 4 is 21.7 Å². The van der Waals surface area contributed by atoms with Crippen LogP contribution in [-0.2, 0) is 14.3 Å². The predicted octanol–water partition coefficient (Wildman–Crippen LogP) is 6.64. The molecule has 4 aliphatic carbocycles. The van der Waals surface area contributed by atoms with Crippen LogP contribution in [0, 0.1) is 46.3 Å². The van der Waals surface area contributed by atoms with Crippen molar-refractivity contribution in [2.24, 2.45) is 46.3 Å². The van der Waals surface area contributed by atoms with Crippen molar-refractivity contribution in [2.75, 3.05) is 6.61 Å². The molecule has 3 saturated carbocycles. The highest BCUT2D eigenvalue weighted by molar-refractivity contribution is 9.12. The summed E-state index contributed by atoms with van der Waals surface area (Å²) in [6.07, 6.45) is 10.7. The first-order valence-electron chi connectivity index (χ1n) is 12.9. The van der Waals surface area contributed by atoms with Gasteiger partial charge in [0.05, 0.1) is 17.2 Å². The second kappa shape index (κ2) is 6.92. The van der Waals surface area contributed by atoms with Gasteiger partial charge in [-0.05, 0) is 107 Å². The topological polar surface area (TPSA) is 35.5 Å². The minimum absolute atomic E-state index is 0.213. The van der Waals surface area contributed by atoms with Crippen molar-refractivity contribution < 1.29 is 14.3 Å². The van der Waals surface area contributed by atoms with E-state index in [1.165, 1.54) is 37.7 Å². The second-order valence-corrected chi connectivity index (χ2v) is 13.4. The molecule has 172 valence electrons. The molecule has 0 aromatic carbocycles. The Balaban J connectivity index is 1.29. The molecule has 0 aromatic rings. The number of hydrogen-bond acceptors (Lipinski definition) is 3. The van der Waals surface area contributed by atoms with Crippen molar-refractivity contribution in [3.8, 4) is 0 Å². The number of halogens is 1. The summed E-state index contributed by atoms with van der Waals surface area (Å²) in [4.78, 5) is 12.4. The number of hydrogen-bond donors (Lipinski definition) is 0. The number of fused-ring (bicyclic) bond motifs is 7. The van der Waals surface area contributed by atoms with Crippen LogP contribution in [0.1, 0.15) is 85.5 Å². The van der Waals surface area contributed by atoms with Crippen LogP contribution in [0.3, 0.4) is 0 Å². The molecule has 0 radical (unpaired) electrons. The molecule has 4 heteroatoms. The third-order valence-corrected chi connectivity index (χ3v) is 12.2. The Morgan fingerprint density at radius 2 is 1.81 bits per heavy atom. The summed E-state index contributed by atoms with van der Waals surface area (Å²) in [5, 5.41) is 0. The van der Waals surface area contributed by atoms with Gasteiger partial charge < -0.3 is 9.47 Å². The fraction of sp³-hybridized carbons (Fsp3) is 0.889. The molecule has 6 rings (SSSR count). The van der Waals surface area contributed by atoms with Gasteiger partial charge in [-0.15, -0.1) is 0 Å². The minimum atomic E-state index is -0.310. The lowest BCUT2D eigenvalue weighted by atomic mass is 9.46. The molecule has 6 aliphatic rings. The molecule has 31 heavy (non-hydrogen) atoms. The summed E-state index contributed by atoms with van der Waals surface area (Å²) in [5.74, 6) is 4.08. The first-order chi connectivity index (χ1) is 14.7. The molecule has 2 aliphatic heterocycles. The highest BCUT2D eigenvalue weighted by Crippen LogP contribution is 2.71. The maximum atomic E-state index is 12.4. The first-order valence-corrected chi connectivity index (χ1v) is 13.7. The van der Waals surface area contributed by atoms with E-state index < -0.39 is 0 Å². The van der Waals surface area contributed by atoms with Crippen molar-refractivity contribution in [1.29, 1.82) is 0 Å². The number of ketones is 1. The molecular formula is C27H39BrO3. The maximum absolute atomic E-state index is 12.4. The number of allylic oxidation sites excluding steroid dienone is 1. The summed E-state index contributed by atoms with van der Waals surface area (Å²) in [7, 11) is 0. The molecule has 2 heterocycles. The van der Waals surface area contributed by atoms with Crippen LogP contribution in [0.25, 0.3) is 0 Å². The van der Waals surface area contributed by atoms with Gasteiger partial charge in [0.1, 0.15) is 0 Å². The molecule has 5 fully saturated rings. The number of Topliss-reactive ketones (excluding diaryl/α,β-unsaturated/α-hetero) is 1. The zero-order valence-electron chi connectivity index (χ0n) is 19.7. The highest BCUT2D eigenvalue weighted by Gasteiger charge is 2.68. The largest absolute Gasteiger partial charge is 0.349 e. The fourth-order valence-electron chi connectivity index (χ4n) is 9.67. The Hall–Kier alpha value is -0.190. The van der Waals surface area contributed by atoms with E-state index in [-0.39, 0.29) is 11.2 Å². The monoisotopic (exact) mass is 490 g/mol.